The zero-order chi connectivity index (χ0) is 16.7. The van der Waals surface area contributed by atoms with Gasteiger partial charge in [0.2, 0.25) is 0 Å². The Bertz CT molecular complexity index is 1020. The highest BCUT2D eigenvalue weighted by Gasteiger charge is 2.09. The summed E-state index contributed by atoms with van der Waals surface area (Å²) in [5.74, 6) is 0. The monoisotopic (exact) mass is 314 g/mol. The molecule has 2 heteroatoms. The van der Waals surface area contributed by atoms with Crippen LogP contribution in [0.25, 0.3) is 32.9 Å². The molecule has 0 aliphatic heterocycles. The molecule has 2 nitrogen and oxygen atoms in total. The second-order valence-corrected chi connectivity index (χ2v) is 6.75. The number of hydrogen-bond donors (Lipinski definition) is 0. The molecular formula is C22H22N2. The molecule has 0 unspecified atom stereocenters. The Morgan fingerprint density at radius 1 is 0.750 bits per heavy atom. The lowest BCUT2D eigenvalue weighted by atomic mass is 10.0. The zero-order valence-electron chi connectivity index (χ0n) is 14.5. The van der Waals surface area contributed by atoms with Crippen LogP contribution in [0.1, 0.15) is 5.56 Å². The Labute approximate surface area is 142 Å². The summed E-state index contributed by atoms with van der Waals surface area (Å²) in [6.07, 6.45) is 0. The lowest BCUT2D eigenvalue weighted by Gasteiger charge is -2.11. The summed E-state index contributed by atoms with van der Waals surface area (Å²) in [5.41, 5.74) is 6.46. The maximum atomic E-state index is 2.31. The molecule has 0 saturated carbocycles. The largest absolute Gasteiger partial charge is 0.344 e. The van der Waals surface area contributed by atoms with Gasteiger partial charge in [0.05, 0.1) is 0 Å². The van der Waals surface area contributed by atoms with Gasteiger partial charge in [-0.15, -0.1) is 0 Å². The molecule has 1 heterocycles. The molecule has 0 bridgehead atoms. The molecule has 0 saturated heterocycles. The highest BCUT2D eigenvalue weighted by Crippen LogP contribution is 2.31. The van der Waals surface area contributed by atoms with Crippen LogP contribution in [0.5, 0.6) is 0 Å². The average Bonchev–Trinajstić information content (AvgIpc) is 2.87. The maximum Gasteiger partial charge on any atom is 0.0494 e. The molecule has 0 atom stereocenters. The van der Waals surface area contributed by atoms with E-state index in [0.29, 0.717) is 0 Å². The van der Waals surface area contributed by atoms with Crippen LogP contribution in [0, 0.1) is 0 Å². The van der Waals surface area contributed by atoms with Gasteiger partial charge >= 0.3 is 0 Å². The molecule has 4 rings (SSSR count). The van der Waals surface area contributed by atoms with Crippen molar-refractivity contribution < 1.29 is 0 Å². The number of hydrogen-bond acceptors (Lipinski definition) is 1. The molecule has 4 aromatic rings. The van der Waals surface area contributed by atoms with Crippen LogP contribution in [0.3, 0.4) is 0 Å². The second kappa shape index (κ2) is 5.81. The number of nitrogens with zero attached hydrogens (tertiary/aromatic N) is 2. The molecule has 0 spiro atoms. The van der Waals surface area contributed by atoms with Crippen molar-refractivity contribution in [3.63, 3.8) is 0 Å². The van der Waals surface area contributed by atoms with Crippen molar-refractivity contribution in [3.05, 3.63) is 72.3 Å². The summed E-state index contributed by atoms with van der Waals surface area (Å²) < 4.78 is 2.29. The van der Waals surface area contributed by atoms with Gasteiger partial charge in [-0.1, -0.05) is 48.5 Å². The van der Waals surface area contributed by atoms with Crippen LogP contribution in [-0.2, 0) is 13.6 Å². The minimum absolute atomic E-state index is 0.962. The standard InChI is InChI=1S/C22H22N2/c1-23(2)15-16-7-6-8-17(13-16)18-11-12-20-19-9-4-5-10-21(19)24(3)22(20)14-18/h4-14H,15H2,1-3H3. The molecule has 0 N–H and O–H groups in total. The summed E-state index contributed by atoms with van der Waals surface area (Å²) in [5, 5.41) is 2.64. The molecule has 120 valence electrons. The Morgan fingerprint density at radius 2 is 1.50 bits per heavy atom. The van der Waals surface area contributed by atoms with Crippen LogP contribution >= 0.6 is 0 Å². The van der Waals surface area contributed by atoms with Gasteiger partial charge in [0.25, 0.3) is 0 Å². The number of para-hydroxylation sites is 1. The van der Waals surface area contributed by atoms with Gasteiger partial charge in [-0.05, 0) is 49.0 Å². The van der Waals surface area contributed by atoms with E-state index in [-0.39, 0.29) is 0 Å². The van der Waals surface area contributed by atoms with Gasteiger partial charge in [0.15, 0.2) is 0 Å². The van der Waals surface area contributed by atoms with Gasteiger partial charge in [-0.25, -0.2) is 0 Å². The van der Waals surface area contributed by atoms with E-state index in [4.69, 9.17) is 0 Å². The molecule has 3 aromatic carbocycles. The van der Waals surface area contributed by atoms with Crippen molar-refractivity contribution in [3.8, 4) is 11.1 Å². The van der Waals surface area contributed by atoms with Gasteiger partial charge in [0.1, 0.15) is 0 Å². The average molecular weight is 314 g/mol. The normalized spacial score (nSPS) is 11.7. The van der Waals surface area contributed by atoms with Crippen LogP contribution in [0.2, 0.25) is 0 Å². The zero-order valence-corrected chi connectivity index (χ0v) is 14.5. The summed E-state index contributed by atoms with van der Waals surface area (Å²) in [7, 11) is 6.36. The van der Waals surface area contributed by atoms with E-state index in [0.717, 1.165) is 6.54 Å². The predicted molar refractivity (Wildman–Crippen MR) is 103 cm³/mol. The Hall–Kier alpha value is -2.58. The lowest BCUT2D eigenvalue weighted by Crippen LogP contribution is -2.10. The SMILES string of the molecule is CN(C)Cc1cccc(-c2ccc3c4ccccc4n(C)c3c2)c1. The van der Waals surface area contributed by atoms with Crippen molar-refractivity contribution in [1.29, 1.82) is 0 Å². The summed E-state index contributed by atoms with van der Waals surface area (Å²) in [4.78, 5) is 2.20. The highest BCUT2D eigenvalue weighted by molar-refractivity contribution is 6.08. The van der Waals surface area contributed by atoms with E-state index in [1.54, 1.807) is 0 Å². The quantitative estimate of drug-likeness (QED) is 0.513. The third-order valence-corrected chi connectivity index (χ3v) is 4.67. The van der Waals surface area contributed by atoms with E-state index in [2.05, 4.69) is 97.3 Å². The smallest absolute Gasteiger partial charge is 0.0494 e. The van der Waals surface area contributed by atoms with E-state index in [9.17, 15) is 0 Å². The Balaban J connectivity index is 1.86. The van der Waals surface area contributed by atoms with Crippen molar-refractivity contribution in [1.82, 2.24) is 9.47 Å². The minimum atomic E-state index is 0.962. The topological polar surface area (TPSA) is 8.17 Å². The maximum absolute atomic E-state index is 2.31. The number of aryl methyl sites for hydroxylation is 1. The molecule has 0 fully saturated rings. The number of aromatic nitrogens is 1. The van der Waals surface area contributed by atoms with Gasteiger partial charge in [-0.3, -0.25) is 0 Å². The van der Waals surface area contributed by atoms with E-state index >= 15 is 0 Å². The fourth-order valence-corrected chi connectivity index (χ4v) is 3.55. The number of fused-ring (bicyclic) bond motifs is 3. The van der Waals surface area contributed by atoms with Gasteiger partial charge in [0, 0.05) is 35.4 Å². The number of rotatable bonds is 3. The highest BCUT2D eigenvalue weighted by atomic mass is 15.0. The third kappa shape index (κ3) is 2.49. The van der Waals surface area contributed by atoms with Crippen LogP contribution in [0.15, 0.2) is 66.7 Å². The molecule has 24 heavy (non-hydrogen) atoms. The van der Waals surface area contributed by atoms with E-state index < -0.39 is 0 Å². The molecule has 0 aliphatic rings. The van der Waals surface area contributed by atoms with E-state index in [1.807, 2.05) is 0 Å². The molecule has 0 aliphatic carbocycles. The van der Waals surface area contributed by atoms with Crippen molar-refractivity contribution in [2.75, 3.05) is 14.1 Å². The molecular weight excluding hydrogens is 292 g/mol. The third-order valence-electron chi connectivity index (χ3n) is 4.67. The van der Waals surface area contributed by atoms with Gasteiger partial charge in [-0.2, -0.15) is 0 Å². The van der Waals surface area contributed by atoms with Crippen molar-refractivity contribution in [2.24, 2.45) is 7.05 Å². The first-order chi connectivity index (χ1) is 11.6. The van der Waals surface area contributed by atoms with Crippen molar-refractivity contribution >= 4 is 21.8 Å². The summed E-state index contributed by atoms with van der Waals surface area (Å²) >= 11 is 0. The minimum Gasteiger partial charge on any atom is -0.344 e. The second-order valence-electron chi connectivity index (χ2n) is 6.75. The Kier molecular flexibility index (Phi) is 3.62. The summed E-state index contributed by atoms with van der Waals surface area (Å²) in [6.45, 7) is 0.962. The lowest BCUT2D eigenvalue weighted by molar-refractivity contribution is 0.402. The first kappa shape index (κ1) is 15.0. The Morgan fingerprint density at radius 3 is 2.33 bits per heavy atom. The fraction of sp³-hybridized carbons (Fsp3) is 0.182. The van der Waals surface area contributed by atoms with E-state index in [1.165, 1.54) is 38.5 Å². The van der Waals surface area contributed by atoms with Crippen molar-refractivity contribution in [2.45, 2.75) is 6.54 Å². The molecule has 0 amide bonds. The van der Waals surface area contributed by atoms with Crippen LogP contribution < -0.4 is 0 Å². The molecule has 0 radical (unpaired) electrons. The fourth-order valence-electron chi connectivity index (χ4n) is 3.55. The first-order valence-corrected chi connectivity index (χ1v) is 8.35. The van der Waals surface area contributed by atoms with Crippen LogP contribution in [0.4, 0.5) is 0 Å². The first-order valence-electron chi connectivity index (χ1n) is 8.35. The number of benzene rings is 3. The van der Waals surface area contributed by atoms with Crippen LogP contribution in [-0.4, -0.2) is 23.6 Å². The summed E-state index contributed by atoms with van der Waals surface area (Å²) in [6, 6.07) is 24.2. The predicted octanol–water partition coefficient (Wildman–Crippen LogP) is 5.06. The van der Waals surface area contributed by atoms with Gasteiger partial charge < -0.3 is 9.47 Å². The molecule has 1 aromatic heterocycles.